The minimum absolute atomic E-state index is 0.135. The lowest BCUT2D eigenvalue weighted by atomic mass is 9.85. The van der Waals surface area contributed by atoms with E-state index < -0.39 is 0 Å². The Hall–Kier alpha value is -2.16. The number of benzene rings is 2. The highest BCUT2D eigenvalue weighted by Crippen LogP contribution is 2.39. The van der Waals surface area contributed by atoms with Gasteiger partial charge in [-0.15, -0.1) is 5.11 Å². The number of nitrogens with zero attached hydrogens (tertiary/aromatic N) is 2. The molecule has 3 heteroatoms. The third-order valence-electron chi connectivity index (χ3n) is 3.32. The summed E-state index contributed by atoms with van der Waals surface area (Å²) in [7, 11) is 0. The van der Waals surface area contributed by atoms with Crippen molar-refractivity contribution >= 4 is 11.4 Å². The van der Waals surface area contributed by atoms with Crippen LogP contribution < -0.4 is 0 Å². The summed E-state index contributed by atoms with van der Waals surface area (Å²) in [6.07, 6.45) is 0. The number of hydrogen-bond donors (Lipinski definition) is 1. The van der Waals surface area contributed by atoms with Crippen molar-refractivity contribution in [1.29, 1.82) is 0 Å². The molecule has 3 nitrogen and oxygen atoms in total. The number of phenolic OH excluding ortho intramolecular Hbond substituents is 1. The van der Waals surface area contributed by atoms with E-state index in [2.05, 4.69) is 31.0 Å². The average Bonchev–Trinajstić information content (AvgIpc) is 2.38. The molecule has 0 spiro atoms. The van der Waals surface area contributed by atoms with Gasteiger partial charge >= 0.3 is 0 Å². The van der Waals surface area contributed by atoms with E-state index in [0.29, 0.717) is 5.69 Å². The van der Waals surface area contributed by atoms with Crippen LogP contribution in [0.4, 0.5) is 11.4 Å². The van der Waals surface area contributed by atoms with E-state index in [1.54, 1.807) is 0 Å². The highest BCUT2D eigenvalue weighted by molar-refractivity contribution is 5.59. The summed E-state index contributed by atoms with van der Waals surface area (Å²) in [6, 6.07) is 11.7. The Balaban J connectivity index is 2.43. The van der Waals surface area contributed by atoms with Crippen LogP contribution in [0.2, 0.25) is 0 Å². The van der Waals surface area contributed by atoms with Crippen molar-refractivity contribution < 1.29 is 5.11 Å². The molecule has 0 fully saturated rings. The summed E-state index contributed by atoms with van der Waals surface area (Å²) in [4.78, 5) is 0. The third-order valence-corrected chi connectivity index (χ3v) is 3.32. The Kier molecular flexibility index (Phi) is 4.12. The molecule has 0 aliphatic carbocycles. The summed E-state index contributed by atoms with van der Waals surface area (Å²) in [5.74, 6) is 0.213. The Morgan fingerprint density at radius 1 is 0.905 bits per heavy atom. The number of hydrogen-bond acceptors (Lipinski definition) is 3. The maximum Gasteiger partial charge on any atom is 0.146 e. The molecule has 0 bridgehead atoms. The lowest BCUT2D eigenvalue weighted by Crippen LogP contribution is -2.11. The zero-order chi connectivity index (χ0) is 15.6. The SMILES string of the molecule is Cc1cccc(N=Nc2cc(C)cc(C(C)(C)C)c2O)c1. The smallest absolute Gasteiger partial charge is 0.146 e. The van der Waals surface area contributed by atoms with Crippen LogP contribution in [0.1, 0.15) is 37.5 Å². The molecular weight excluding hydrogens is 260 g/mol. The van der Waals surface area contributed by atoms with Gasteiger partial charge in [0.1, 0.15) is 11.4 Å². The Labute approximate surface area is 126 Å². The van der Waals surface area contributed by atoms with Gasteiger partial charge in [-0.25, -0.2) is 0 Å². The van der Waals surface area contributed by atoms with Crippen LogP contribution in [0.5, 0.6) is 5.75 Å². The third kappa shape index (κ3) is 3.69. The topological polar surface area (TPSA) is 45.0 Å². The molecule has 0 saturated carbocycles. The standard InChI is InChI=1S/C18H22N2O/c1-12-7-6-8-14(9-12)19-20-16-11-13(2)10-15(17(16)21)18(3,4)5/h6-11,21H,1-5H3. The molecule has 2 aromatic rings. The molecule has 1 N–H and O–H groups in total. The van der Waals surface area contributed by atoms with Crippen molar-refractivity contribution in [3.05, 3.63) is 53.1 Å². The number of azo groups is 1. The predicted molar refractivity (Wildman–Crippen MR) is 86.9 cm³/mol. The van der Waals surface area contributed by atoms with Gasteiger partial charge in [-0.05, 0) is 48.6 Å². The van der Waals surface area contributed by atoms with E-state index in [9.17, 15) is 5.11 Å². The number of aryl methyl sites for hydroxylation is 2. The van der Waals surface area contributed by atoms with E-state index in [1.807, 2.05) is 50.2 Å². The van der Waals surface area contributed by atoms with Crippen LogP contribution >= 0.6 is 0 Å². The molecule has 21 heavy (non-hydrogen) atoms. The fraction of sp³-hybridized carbons (Fsp3) is 0.333. The van der Waals surface area contributed by atoms with E-state index in [4.69, 9.17) is 0 Å². The molecule has 0 amide bonds. The fourth-order valence-electron chi connectivity index (χ4n) is 2.21. The van der Waals surface area contributed by atoms with Gasteiger partial charge in [0.2, 0.25) is 0 Å². The number of phenols is 1. The summed E-state index contributed by atoms with van der Waals surface area (Å²) in [5.41, 5.74) is 4.26. The maximum absolute atomic E-state index is 10.4. The van der Waals surface area contributed by atoms with Gasteiger partial charge in [0, 0.05) is 5.56 Å². The van der Waals surface area contributed by atoms with Crippen LogP contribution in [0, 0.1) is 13.8 Å². The van der Waals surface area contributed by atoms with Crippen molar-refractivity contribution in [2.24, 2.45) is 10.2 Å². The minimum Gasteiger partial charge on any atom is -0.505 e. The molecule has 0 aromatic heterocycles. The molecule has 0 unspecified atom stereocenters. The van der Waals surface area contributed by atoms with Gasteiger partial charge in [-0.1, -0.05) is 39.0 Å². The van der Waals surface area contributed by atoms with Crippen molar-refractivity contribution in [2.75, 3.05) is 0 Å². The molecule has 0 heterocycles. The molecule has 0 radical (unpaired) electrons. The van der Waals surface area contributed by atoms with Gasteiger partial charge < -0.3 is 5.11 Å². The molecule has 0 atom stereocenters. The Morgan fingerprint density at radius 2 is 1.62 bits per heavy atom. The average molecular weight is 282 g/mol. The van der Waals surface area contributed by atoms with Crippen LogP contribution in [-0.2, 0) is 5.41 Å². The molecular formula is C18H22N2O. The maximum atomic E-state index is 10.4. The first-order chi connectivity index (χ1) is 9.77. The first-order valence-electron chi connectivity index (χ1n) is 7.10. The molecule has 2 rings (SSSR count). The van der Waals surface area contributed by atoms with Crippen molar-refractivity contribution in [3.8, 4) is 5.75 Å². The van der Waals surface area contributed by atoms with Gasteiger partial charge in [-0.3, -0.25) is 0 Å². The van der Waals surface area contributed by atoms with Gasteiger partial charge in [0.25, 0.3) is 0 Å². The highest BCUT2D eigenvalue weighted by Gasteiger charge is 2.20. The fourth-order valence-corrected chi connectivity index (χ4v) is 2.21. The summed E-state index contributed by atoms with van der Waals surface area (Å²) < 4.78 is 0. The predicted octanol–water partition coefficient (Wildman–Crippen LogP) is 5.72. The van der Waals surface area contributed by atoms with Crippen LogP contribution in [0.3, 0.4) is 0 Å². The molecule has 0 saturated heterocycles. The molecule has 2 aromatic carbocycles. The number of rotatable bonds is 2. The van der Waals surface area contributed by atoms with Crippen molar-refractivity contribution in [2.45, 2.75) is 40.0 Å². The van der Waals surface area contributed by atoms with E-state index in [0.717, 1.165) is 22.4 Å². The highest BCUT2D eigenvalue weighted by atomic mass is 16.3. The molecule has 0 aliphatic heterocycles. The Morgan fingerprint density at radius 3 is 2.24 bits per heavy atom. The van der Waals surface area contributed by atoms with Gasteiger partial charge in [0.15, 0.2) is 0 Å². The van der Waals surface area contributed by atoms with E-state index in [-0.39, 0.29) is 11.2 Å². The quantitative estimate of drug-likeness (QED) is 0.703. The second-order valence-corrected chi connectivity index (χ2v) is 6.47. The van der Waals surface area contributed by atoms with Crippen molar-refractivity contribution in [3.63, 3.8) is 0 Å². The van der Waals surface area contributed by atoms with Crippen LogP contribution in [0.15, 0.2) is 46.6 Å². The van der Waals surface area contributed by atoms with Crippen LogP contribution in [0.25, 0.3) is 0 Å². The minimum atomic E-state index is -0.135. The van der Waals surface area contributed by atoms with Gasteiger partial charge in [-0.2, -0.15) is 5.11 Å². The summed E-state index contributed by atoms with van der Waals surface area (Å²) >= 11 is 0. The van der Waals surface area contributed by atoms with E-state index in [1.165, 1.54) is 0 Å². The summed E-state index contributed by atoms with van der Waals surface area (Å²) in [5, 5.41) is 18.9. The first kappa shape index (κ1) is 15.2. The molecule has 0 aliphatic rings. The number of aromatic hydroxyl groups is 1. The van der Waals surface area contributed by atoms with E-state index >= 15 is 0 Å². The zero-order valence-corrected chi connectivity index (χ0v) is 13.3. The largest absolute Gasteiger partial charge is 0.505 e. The lowest BCUT2D eigenvalue weighted by molar-refractivity contribution is 0.447. The second-order valence-electron chi connectivity index (χ2n) is 6.47. The van der Waals surface area contributed by atoms with Crippen LogP contribution in [-0.4, -0.2) is 5.11 Å². The normalized spacial score (nSPS) is 12.0. The van der Waals surface area contributed by atoms with Crippen molar-refractivity contribution in [1.82, 2.24) is 0 Å². The molecule has 110 valence electrons. The second kappa shape index (κ2) is 5.68. The first-order valence-corrected chi connectivity index (χ1v) is 7.10. The lowest BCUT2D eigenvalue weighted by Gasteiger charge is -2.21. The summed E-state index contributed by atoms with van der Waals surface area (Å²) in [6.45, 7) is 10.2. The monoisotopic (exact) mass is 282 g/mol. The zero-order valence-electron chi connectivity index (χ0n) is 13.3. The van der Waals surface area contributed by atoms with Gasteiger partial charge in [0.05, 0.1) is 5.69 Å². The Bertz CT molecular complexity index is 682.